The summed E-state index contributed by atoms with van der Waals surface area (Å²) in [5.41, 5.74) is 1.12. The predicted molar refractivity (Wildman–Crippen MR) is 111 cm³/mol. The number of benzene rings is 1. The van der Waals surface area contributed by atoms with Crippen molar-refractivity contribution in [2.75, 3.05) is 24.9 Å². The van der Waals surface area contributed by atoms with Crippen LogP contribution < -0.4 is 4.74 Å². The van der Waals surface area contributed by atoms with E-state index in [1.54, 1.807) is 18.2 Å². The molecule has 1 saturated heterocycles. The van der Waals surface area contributed by atoms with E-state index in [0.29, 0.717) is 21.8 Å². The average Bonchev–Trinajstić information content (AvgIpc) is 3.06. The first-order chi connectivity index (χ1) is 13.3. The summed E-state index contributed by atoms with van der Waals surface area (Å²) in [7, 11) is -1.56. The van der Waals surface area contributed by atoms with Gasteiger partial charge in [0.25, 0.3) is 5.91 Å². The first-order valence-electron chi connectivity index (χ1n) is 8.54. The highest BCUT2D eigenvalue weighted by Crippen LogP contribution is 2.25. The first-order valence-corrected chi connectivity index (χ1v) is 12.4. The van der Waals surface area contributed by atoms with Crippen LogP contribution in [0.25, 0.3) is 0 Å². The van der Waals surface area contributed by atoms with E-state index >= 15 is 0 Å². The van der Waals surface area contributed by atoms with E-state index in [1.807, 2.05) is 30.5 Å². The highest BCUT2D eigenvalue weighted by Gasteiger charge is 2.36. The lowest BCUT2D eigenvalue weighted by Gasteiger charge is -2.28. The summed E-state index contributed by atoms with van der Waals surface area (Å²) in [5, 5.41) is 0.481. The van der Waals surface area contributed by atoms with Crippen molar-refractivity contribution in [1.82, 2.24) is 14.9 Å². The van der Waals surface area contributed by atoms with E-state index in [1.165, 1.54) is 11.8 Å². The molecule has 0 radical (unpaired) electrons. The maximum Gasteiger partial charge on any atom is 0.274 e. The first kappa shape index (κ1) is 21.1. The van der Waals surface area contributed by atoms with Gasteiger partial charge in [-0.15, -0.1) is 0 Å². The van der Waals surface area contributed by atoms with Gasteiger partial charge in [0.05, 0.1) is 23.1 Å². The standard InChI is InChI=1S/C18H20BrN3O4S2/c1-26-14-5-3-12(4-6-14)10-22(13-7-8-28(24,25)11-13)17(23)16-15(19)9-20-18(21-16)27-2/h3-6,9,13H,7-8,10-11H2,1-2H3/t13-/m0/s1. The van der Waals surface area contributed by atoms with Gasteiger partial charge in [-0.1, -0.05) is 23.9 Å². The van der Waals surface area contributed by atoms with Crippen molar-refractivity contribution < 1.29 is 17.9 Å². The van der Waals surface area contributed by atoms with Crippen LogP contribution in [0.2, 0.25) is 0 Å². The van der Waals surface area contributed by atoms with Gasteiger partial charge >= 0.3 is 0 Å². The number of hydrogen-bond acceptors (Lipinski definition) is 7. The largest absolute Gasteiger partial charge is 0.497 e. The van der Waals surface area contributed by atoms with Gasteiger partial charge in [0.1, 0.15) is 11.4 Å². The molecule has 2 aromatic rings. The maximum atomic E-state index is 13.3. The van der Waals surface area contributed by atoms with Crippen molar-refractivity contribution in [3.05, 3.63) is 46.2 Å². The lowest BCUT2D eigenvalue weighted by atomic mass is 10.1. The molecule has 1 aromatic heterocycles. The number of aromatic nitrogens is 2. The van der Waals surface area contributed by atoms with Crippen LogP contribution in [-0.4, -0.2) is 60.1 Å². The predicted octanol–water partition coefficient (Wildman–Crippen LogP) is 2.80. The zero-order chi connectivity index (χ0) is 20.3. The molecule has 0 spiro atoms. The van der Waals surface area contributed by atoms with Crippen molar-refractivity contribution >= 4 is 43.4 Å². The monoisotopic (exact) mass is 485 g/mol. The number of sulfone groups is 1. The smallest absolute Gasteiger partial charge is 0.274 e. The molecule has 1 amide bonds. The van der Waals surface area contributed by atoms with Crippen LogP contribution in [0.1, 0.15) is 22.5 Å². The minimum Gasteiger partial charge on any atom is -0.497 e. The lowest BCUT2D eigenvalue weighted by molar-refractivity contribution is 0.0672. The summed E-state index contributed by atoms with van der Waals surface area (Å²) < 4.78 is 29.7. The fourth-order valence-electron chi connectivity index (χ4n) is 3.05. The SMILES string of the molecule is COc1ccc(CN(C(=O)c2nc(SC)ncc2Br)[C@H]2CCS(=O)(=O)C2)cc1. The molecule has 0 saturated carbocycles. The number of amides is 1. The minimum absolute atomic E-state index is 0.0347. The molecule has 0 aliphatic carbocycles. The molecular weight excluding hydrogens is 466 g/mol. The number of nitrogens with zero attached hydrogens (tertiary/aromatic N) is 3. The molecule has 1 aromatic carbocycles. The molecule has 1 aliphatic heterocycles. The van der Waals surface area contributed by atoms with Crippen LogP contribution in [0.5, 0.6) is 5.75 Å². The summed E-state index contributed by atoms with van der Waals surface area (Å²) in [6.45, 7) is 0.286. The van der Waals surface area contributed by atoms with E-state index in [2.05, 4.69) is 25.9 Å². The number of halogens is 1. The second-order valence-corrected chi connectivity index (χ2v) is 10.2. The zero-order valence-electron chi connectivity index (χ0n) is 15.5. The average molecular weight is 486 g/mol. The molecule has 0 unspecified atom stereocenters. The van der Waals surface area contributed by atoms with E-state index < -0.39 is 9.84 Å². The molecule has 28 heavy (non-hydrogen) atoms. The molecule has 150 valence electrons. The van der Waals surface area contributed by atoms with Gasteiger partial charge < -0.3 is 9.64 Å². The Bertz CT molecular complexity index is 967. The summed E-state index contributed by atoms with van der Waals surface area (Å²) in [6.07, 6.45) is 3.79. The number of hydrogen-bond donors (Lipinski definition) is 0. The Hall–Kier alpha value is -1.65. The van der Waals surface area contributed by atoms with E-state index in [9.17, 15) is 13.2 Å². The normalized spacial score (nSPS) is 18.0. The Morgan fingerprint density at radius 3 is 2.64 bits per heavy atom. The third-order valence-electron chi connectivity index (χ3n) is 4.53. The Morgan fingerprint density at radius 2 is 2.07 bits per heavy atom. The number of ether oxygens (including phenoxy) is 1. The van der Waals surface area contributed by atoms with Crippen molar-refractivity contribution in [2.24, 2.45) is 0 Å². The third kappa shape index (κ3) is 4.84. The van der Waals surface area contributed by atoms with Crippen molar-refractivity contribution in [3.63, 3.8) is 0 Å². The molecule has 7 nitrogen and oxygen atoms in total. The Labute approximate surface area is 176 Å². The minimum atomic E-state index is -3.14. The van der Waals surface area contributed by atoms with Gasteiger partial charge in [-0.2, -0.15) is 0 Å². The van der Waals surface area contributed by atoms with Crippen LogP contribution in [0.15, 0.2) is 40.1 Å². The maximum absolute atomic E-state index is 13.3. The number of methoxy groups -OCH3 is 1. The van der Waals surface area contributed by atoms with Gasteiger partial charge in [0.2, 0.25) is 0 Å². The number of thioether (sulfide) groups is 1. The highest BCUT2D eigenvalue weighted by molar-refractivity contribution is 9.10. The topological polar surface area (TPSA) is 89.5 Å². The van der Waals surface area contributed by atoms with Gasteiger partial charge in [-0.25, -0.2) is 18.4 Å². The summed E-state index contributed by atoms with van der Waals surface area (Å²) in [4.78, 5) is 23.4. The molecular formula is C18H20BrN3O4S2. The van der Waals surface area contributed by atoms with Crippen LogP contribution in [-0.2, 0) is 16.4 Å². The number of carbonyl (C=O) groups is 1. The molecule has 0 N–H and O–H groups in total. The second kappa shape index (κ2) is 8.79. The molecule has 1 fully saturated rings. The highest BCUT2D eigenvalue weighted by atomic mass is 79.9. The third-order valence-corrected chi connectivity index (χ3v) is 7.42. The van der Waals surface area contributed by atoms with Crippen LogP contribution >= 0.6 is 27.7 Å². The molecule has 2 heterocycles. The van der Waals surface area contributed by atoms with Crippen molar-refractivity contribution in [3.8, 4) is 5.75 Å². The fourth-order valence-corrected chi connectivity index (χ4v) is 5.48. The Morgan fingerprint density at radius 1 is 1.36 bits per heavy atom. The van der Waals surface area contributed by atoms with Gasteiger partial charge in [0.15, 0.2) is 15.0 Å². The fraction of sp³-hybridized carbons (Fsp3) is 0.389. The quantitative estimate of drug-likeness (QED) is 0.458. The van der Waals surface area contributed by atoms with Gasteiger partial charge in [0, 0.05) is 18.8 Å². The zero-order valence-corrected chi connectivity index (χ0v) is 18.7. The number of carbonyl (C=O) groups excluding carboxylic acids is 1. The Kier molecular flexibility index (Phi) is 6.61. The van der Waals surface area contributed by atoms with Crippen LogP contribution in [0.4, 0.5) is 0 Å². The molecule has 1 atom stereocenters. The summed E-state index contributed by atoms with van der Waals surface area (Å²) >= 11 is 4.68. The second-order valence-electron chi connectivity index (χ2n) is 6.39. The molecule has 0 bridgehead atoms. The molecule has 10 heteroatoms. The van der Waals surface area contributed by atoms with E-state index in [-0.39, 0.29) is 35.7 Å². The summed E-state index contributed by atoms with van der Waals surface area (Å²) in [5.74, 6) is 0.452. The molecule has 1 aliphatic rings. The molecule has 3 rings (SSSR count). The van der Waals surface area contributed by atoms with Crippen LogP contribution in [0.3, 0.4) is 0 Å². The Balaban J connectivity index is 1.94. The van der Waals surface area contributed by atoms with Crippen LogP contribution in [0, 0.1) is 0 Å². The number of rotatable bonds is 6. The van der Waals surface area contributed by atoms with Crippen molar-refractivity contribution in [2.45, 2.75) is 24.2 Å². The van der Waals surface area contributed by atoms with Crippen molar-refractivity contribution in [1.29, 1.82) is 0 Å². The van der Waals surface area contributed by atoms with E-state index in [4.69, 9.17) is 4.74 Å². The summed E-state index contributed by atoms with van der Waals surface area (Å²) in [6, 6.07) is 6.97. The van der Waals surface area contributed by atoms with Gasteiger partial charge in [-0.3, -0.25) is 4.79 Å². The van der Waals surface area contributed by atoms with Gasteiger partial charge in [-0.05, 0) is 46.3 Å². The lowest BCUT2D eigenvalue weighted by Crippen LogP contribution is -2.41. The van der Waals surface area contributed by atoms with E-state index in [0.717, 1.165) is 5.56 Å².